The van der Waals surface area contributed by atoms with Crippen molar-refractivity contribution in [3.05, 3.63) is 30.1 Å². The number of anilines is 1. The van der Waals surface area contributed by atoms with Crippen LogP contribution in [0.15, 0.2) is 24.5 Å². The fourth-order valence-electron chi connectivity index (χ4n) is 5.89. The Kier molecular flexibility index (Phi) is 6.23. The van der Waals surface area contributed by atoms with E-state index >= 15 is 0 Å². The number of benzene rings is 1. The van der Waals surface area contributed by atoms with Crippen LogP contribution in [0.1, 0.15) is 69.9 Å². The molecule has 0 unspecified atom stereocenters. The van der Waals surface area contributed by atoms with Crippen molar-refractivity contribution < 1.29 is 19.4 Å². The SMILES string of the molecule is C[C@H]1CCc2c(ccc(-c3cnn(C4CCN(CC(=O)O)CC4)c3)c2OC2CCC2)N1C(=O)C1CC1. The van der Waals surface area contributed by atoms with Gasteiger partial charge in [0.1, 0.15) is 5.75 Å². The Morgan fingerprint density at radius 2 is 1.86 bits per heavy atom. The summed E-state index contributed by atoms with van der Waals surface area (Å²) >= 11 is 0. The molecule has 6 rings (SSSR count). The van der Waals surface area contributed by atoms with Crippen LogP contribution >= 0.6 is 0 Å². The van der Waals surface area contributed by atoms with E-state index < -0.39 is 5.97 Å². The number of carbonyl (C=O) groups excluding carboxylic acids is 1. The molecule has 2 aliphatic carbocycles. The van der Waals surface area contributed by atoms with E-state index in [-0.39, 0.29) is 36.6 Å². The van der Waals surface area contributed by atoms with Crippen molar-refractivity contribution >= 4 is 17.6 Å². The molecule has 2 saturated carbocycles. The number of rotatable bonds is 7. The number of aromatic nitrogens is 2. The fourth-order valence-corrected chi connectivity index (χ4v) is 5.89. The van der Waals surface area contributed by atoms with Gasteiger partial charge in [-0.15, -0.1) is 0 Å². The summed E-state index contributed by atoms with van der Waals surface area (Å²) in [5.74, 6) is 0.628. The van der Waals surface area contributed by atoms with Gasteiger partial charge in [0.05, 0.1) is 30.6 Å². The van der Waals surface area contributed by atoms with Crippen LogP contribution in [0.25, 0.3) is 11.1 Å². The lowest BCUT2D eigenvalue weighted by molar-refractivity contribution is -0.138. The number of aliphatic carboxylic acids is 1. The van der Waals surface area contributed by atoms with Gasteiger partial charge in [0, 0.05) is 47.9 Å². The van der Waals surface area contributed by atoms with Crippen LogP contribution in [0.4, 0.5) is 5.69 Å². The molecular weight excluding hydrogens is 456 g/mol. The molecule has 1 saturated heterocycles. The third-order valence-corrected chi connectivity index (χ3v) is 8.45. The quantitative estimate of drug-likeness (QED) is 0.621. The molecule has 0 spiro atoms. The van der Waals surface area contributed by atoms with Crippen LogP contribution in [0.3, 0.4) is 0 Å². The molecule has 192 valence electrons. The van der Waals surface area contributed by atoms with Crippen LogP contribution in [-0.2, 0) is 16.0 Å². The molecule has 0 radical (unpaired) electrons. The third-order valence-electron chi connectivity index (χ3n) is 8.45. The van der Waals surface area contributed by atoms with Crippen molar-refractivity contribution in [2.75, 3.05) is 24.5 Å². The third kappa shape index (κ3) is 4.51. The summed E-state index contributed by atoms with van der Waals surface area (Å²) in [5, 5.41) is 13.8. The molecule has 36 heavy (non-hydrogen) atoms. The molecule has 3 heterocycles. The highest BCUT2D eigenvalue weighted by molar-refractivity contribution is 5.99. The molecular formula is C28H36N4O4. The number of hydrogen-bond acceptors (Lipinski definition) is 5. The maximum Gasteiger partial charge on any atom is 0.317 e. The number of carboxylic acids is 1. The number of carboxylic acid groups (broad SMARTS) is 1. The van der Waals surface area contributed by atoms with E-state index in [4.69, 9.17) is 14.9 Å². The molecule has 8 heteroatoms. The van der Waals surface area contributed by atoms with Gasteiger partial charge in [0.15, 0.2) is 0 Å². The first-order chi connectivity index (χ1) is 17.5. The van der Waals surface area contributed by atoms with Crippen molar-refractivity contribution in [1.29, 1.82) is 0 Å². The maximum absolute atomic E-state index is 13.2. The van der Waals surface area contributed by atoms with E-state index in [1.54, 1.807) is 0 Å². The van der Waals surface area contributed by atoms with Gasteiger partial charge in [-0.3, -0.25) is 19.2 Å². The summed E-state index contributed by atoms with van der Waals surface area (Å²) < 4.78 is 8.69. The average molecular weight is 493 g/mol. The van der Waals surface area contributed by atoms with E-state index in [9.17, 15) is 9.59 Å². The second-order valence-electron chi connectivity index (χ2n) is 11.1. The van der Waals surface area contributed by atoms with Gasteiger partial charge in [-0.1, -0.05) is 0 Å². The number of carbonyl (C=O) groups is 2. The second-order valence-corrected chi connectivity index (χ2v) is 11.1. The highest BCUT2D eigenvalue weighted by Gasteiger charge is 2.39. The Morgan fingerprint density at radius 3 is 2.53 bits per heavy atom. The molecule has 0 bridgehead atoms. The summed E-state index contributed by atoms with van der Waals surface area (Å²) in [6.45, 7) is 3.80. The van der Waals surface area contributed by atoms with Gasteiger partial charge in [-0.25, -0.2) is 0 Å². The number of hydrogen-bond donors (Lipinski definition) is 1. The molecule has 1 aromatic heterocycles. The summed E-state index contributed by atoms with van der Waals surface area (Å²) in [6, 6.07) is 4.72. The van der Waals surface area contributed by atoms with Crippen molar-refractivity contribution in [2.24, 2.45) is 5.92 Å². The first-order valence-corrected chi connectivity index (χ1v) is 13.6. The maximum atomic E-state index is 13.2. The van der Waals surface area contributed by atoms with Crippen molar-refractivity contribution in [3.63, 3.8) is 0 Å². The van der Waals surface area contributed by atoms with E-state index in [2.05, 4.69) is 25.3 Å². The first-order valence-electron chi connectivity index (χ1n) is 13.6. The molecule has 1 atom stereocenters. The van der Waals surface area contributed by atoms with Crippen molar-refractivity contribution in [3.8, 4) is 16.9 Å². The summed E-state index contributed by atoms with van der Waals surface area (Å²) in [5.41, 5.74) is 4.30. The average Bonchev–Trinajstić information content (AvgIpc) is 3.58. The van der Waals surface area contributed by atoms with Crippen LogP contribution in [-0.4, -0.2) is 63.4 Å². The summed E-state index contributed by atoms with van der Waals surface area (Å²) in [7, 11) is 0. The second kappa shape index (κ2) is 9.54. The zero-order valence-corrected chi connectivity index (χ0v) is 21.1. The minimum atomic E-state index is -0.770. The highest BCUT2D eigenvalue weighted by atomic mass is 16.5. The molecule has 2 aromatic rings. The summed E-state index contributed by atoms with van der Waals surface area (Å²) in [6.07, 6.45) is 13.3. The molecule has 2 aliphatic heterocycles. The van der Waals surface area contributed by atoms with E-state index in [0.717, 1.165) is 87.0 Å². The minimum Gasteiger partial charge on any atom is -0.489 e. The van der Waals surface area contributed by atoms with Gasteiger partial charge < -0.3 is 14.7 Å². The Bertz CT molecular complexity index is 1140. The van der Waals surface area contributed by atoms with Gasteiger partial charge in [0.2, 0.25) is 5.91 Å². The number of ether oxygens (including phenoxy) is 1. The van der Waals surface area contributed by atoms with Gasteiger partial charge in [0.25, 0.3) is 0 Å². The Labute approximate surface area is 212 Å². The number of amides is 1. The van der Waals surface area contributed by atoms with Crippen LogP contribution in [0.5, 0.6) is 5.75 Å². The lowest BCUT2D eigenvalue weighted by Crippen LogP contribution is -2.43. The van der Waals surface area contributed by atoms with Crippen LogP contribution in [0.2, 0.25) is 0 Å². The fraction of sp³-hybridized carbons (Fsp3) is 0.607. The number of piperidine rings is 1. The predicted molar refractivity (Wildman–Crippen MR) is 136 cm³/mol. The molecule has 1 N–H and O–H groups in total. The summed E-state index contributed by atoms with van der Waals surface area (Å²) in [4.78, 5) is 28.3. The molecule has 4 aliphatic rings. The standard InChI is InChI=1S/C28H36N4O4/c1-18-5-8-24-25(32(18)28(35)19-6-7-19)10-9-23(27(24)36-22-3-2-4-22)20-15-29-31(16-20)21-11-13-30(14-12-21)17-26(33)34/h9-10,15-16,18-19,21-22H,2-8,11-14,17H2,1H3,(H,33,34)/t18-/m0/s1. The molecule has 1 amide bonds. The monoisotopic (exact) mass is 492 g/mol. The number of fused-ring (bicyclic) bond motifs is 1. The van der Waals surface area contributed by atoms with Crippen molar-refractivity contribution in [1.82, 2.24) is 14.7 Å². The number of likely N-dealkylation sites (tertiary alicyclic amines) is 1. The highest BCUT2D eigenvalue weighted by Crippen LogP contribution is 2.46. The minimum absolute atomic E-state index is 0.104. The smallest absolute Gasteiger partial charge is 0.317 e. The molecule has 3 fully saturated rings. The predicted octanol–water partition coefficient (Wildman–Crippen LogP) is 4.28. The number of nitrogens with zero attached hydrogens (tertiary/aromatic N) is 4. The lowest BCUT2D eigenvalue weighted by Gasteiger charge is -2.38. The van der Waals surface area contributed by atoms with Crippen molar-refractivity contribution in [2.45, 2.75) is 82.9 Å². The first kappa shape index (κ1) is 23.5. The normalized spacial score (nSPS) is 23.2. The van der Waals surface area contributed by atoms with Crippen LogP contribution < -0.4 is 9.64 Å². The Morgan fingerprint density at radius 1 is 1.08 bits per heavy atom. The zero-order chi connectivity index (χ0) is 24.8. The Balaban J connectivity index is 1.29. The topological polar surface area (TPSA) is 87.9 Å². The van der Waals surface area contributed by atoms with Crippen LogP contribution in [0, 0.1) is 5.92 Å². The van der Waals surface area contributed by atoms with E-state index in [1.807, 2.05) is 20.7 Å². The largest absolute Gasteiger partial charge is 0.489 e. The van der Waals surface area contributed by atoms with Gasteiger partial charge in [-0.05, 0) is 76.8 Å². The zero-order valence-electron chi connectivity index (χ0n) is 21.1. The molecule has 1 aromatic carbocycles. The lowest BCUT2D eigenvalue weighted by atomic mass is 9.91. The Hall–Kier alpha value is -2.87. The van der Waals surface area contributed by atoms with Gasteiger partial charge >= 0.3 is 5.97 Å². The van der Waals surface area contributed by atoms with Gasteiger partial charge in [-0.2, -0.15) is 5.10 Å². The van der Waals surface area contributed by atoms with E-state index in [0.29, 0.717) is 0 Å². The van der Waals surface area contributed by atoms with E-state index in [1.165, 1.54) is 12.0 Å². The molecule has 8 nitrogen and oxygen atoms in total.